The van der Waals surface area contributed by atoms with E-state index in [0.29, 0.717) is 12.6 Å². The molecule has 1 aromatic rings. The fraction of sp³-hybridized carbons (Fsp3) is 0.562. The Morgan fingerprint density at radius 2 is 2.05 bits per heavy atom. The highest BCUT2D eigenvalue weighted by Gasteiger charge is 2.39. The molecule has 3 nitrogen and oxygen atoms in total. The molecule has 2 unspecified atom stereocenters. The van der Waals surface area contributed by atoms with Crippen LogP contribution in [-0.4, -0.2) is 35.1 Å². The van der Waals surface area contributed by atoms with E-state index in [1.54, 1.807) is 0 Å². The summed E-state index contributed by atoms with van der Waals surface area (Å²) in [5.74, 6) is -0.829. The van der Waals surface area contributed by atoms with Gasteiger partial charge in [0, 0.05) is 25.0 Å². The van der Waals surface area contributed by atoms with E-state index in [4.69, 9.17) is 0 Å². The van der Waals surface area contributed by atoms with Gasteiger partial charge >= 0.3 is 5.97 Å². The molecule has 0 spiro atoms. The zero-order valence-corrected chi connectivity index (χ0v) is 12.0. The Morgan fingerprint density at radius 1 is 1.37 bits per heavy atom. The van der Waals surface area contributed by atoms with E-state index in [2.05, 4.69) is 37.8 Å². The van der Waals surface area contributed by atoms with E-state index in [1.807, 2.05) is 12.1 Å². The van der Waals surface area contributed by atoms with Crippen molar-refractivity contribution >= 4 is 5.97 Å². The van der Waals surface area contributed by atoms with Crippen LogP contribution in [0.15, 0.2) is 24.3 Å². The van der Waals surface area contributed by atoms with Gasteiger partial charge in [0.15, 0.2) is 0 Å². The standard InChI is InChI=1S/C16H23NO2/c1-4-12-7-5-6-8-13(12)14-9-17(11(2)3)10-15(14)16(18)19/h5-8,11,14-15H,4,9-10H2,1-3H3,(H,18,19). The molecule has 104 valence electrons. The SMILES string of the molecule is CCc1ccccc1C1CN(C(C)C)CC1C(=O)O. The number of aliphatic carboxylic acids is 1. The Labute approximate surface area is 115 Å². The van der Waals surface area contributed by atoms with Gasteiger partial charge in [0.1, 0.15) is 0 Å². The molecular weight excluding hydrogens is 238 g/mol. The Balaban J connectivity index is 2.33. The third kappa shape index (κ3) is 2.81. The summed E-state index contributed by atoms with van der Waals surface area (Å²) in [4.78, 5) is 13.8. The Hall–Kier alpha value is -1.35. The molecule has 0 radical (unpaired) electrons. The van der Waals surface area contributed by atoms with Crippen LogP contribution in [0.25, 0.3) is 0 Å². The summed E-state index contributed by atoms with van der Waals surface area (Å²) in [6.07, 6.45) is 0.959. The molecule has 1 fully saturated rings. The lowest BCUT2D eigenvalue weighted by atomic mass is 9.85. The minimum atomic E-state index is -0.668. The van der Waals surface area contributed by atoms with Crippen LogP contribution < -0.4 is 0 Å². The van der Waals surface area contributed by atoms with Gasteiger partial charge in [-0.2, -0.15) is 0 Å². The minimum absolute atomic E-state index is 0.121. The topological polar surface area (TPSA) is 40.5 Å². The summed E-state index contributed by atoms with van der Waals surface area (Å²) >= 11 is 0. The third-order valence-electron chi connectivity index (χ3n) is 4.23. The monoisotopic (exact) mass is 261 g/mol. The summed E-state index contributed by atoms with van der Waals surface area (Å²) in [5, 5.41) is 9.48. The smallest absolute Gasteiger partial charge is 0.308 e. The molecule has 1 saturated heterocycles. The number of nitrogens with zero attached hydrogens (tertiary/aromatic N) is 1. The molecule has 2 rings (SSSR count). The average molecular weight is 261 g/mol. The summed E-state index contributed by atoms with van der Waals surface area (Å²) < 4.78 is 0. The first kappa shape index (κ1) is 14.1. The molecule has 0 bridgehead atoms. The Bertz CT molecular complexity index is 456. The molecule has 1 heterocycles. The van der Waals surface area contributed by atoms with Gasteiger partial charge < -0.3 is 5.11 Å². The number of hydrogen-bond acceptors (Lipinski definition) is 2. The van der Waals surface area contributed by atoms with Crippen molar-refractivity contribution in [3.8, 4) is 0 Å². The van der Waals surface area contributed by atoms with Gasteiger partial charge in [0.2, 0.25) is 0 Å². The summed E-state index contributed by atoms with van der Waals surface area (Å²) in [6, 6.07) is 8.68. The first-order chi connectivity index (χ1) is 9.04. The van der Waals surface area contributed by atoms with E-state index >= 15 is 0 Å². The predicted octanol–water partition coefficient (Wildman–Crippen LogP) is 2.76. The number of rotatable bonds is 4. The maximum Gasteiger partial charge on any atom is 0.308 e. The molecular formula is C16H23NO2. The molecule has 1 aliphatic rings. The second-order valence-electron chi connectivity index (χ2n) is 5.65. The highest BCUT2D eigenvalue weighted by atomic mass is 16.4. The molecule has 0 saturated carbocycles. The van der Waals surface area contributed by atoms with Crippen molar-refractivity contribution in [1.82, 2.24) is 4.90 Å². The maximum atomic E-state index is 11.5. The van der Waals surface area contributed by atoms with Crippen LogP contribution in [0, 0.1) is 5.92 Å². The number of aryl methyl sites for hydroxylation is 1. The zero-order valence-electron chi connectivity index (χ0n) is 12.0. The second-order valence-corrected chi connectivity index (χ2v) is 5.65. The van der Waals surface area contributed by atoms with Gasteiger partial charge in [-0.3, -0.25) is 9.69 Å². The van der Waals surface area contributed by atoms with E-state index in [1.165, 1.54) is 11.1 Å². The molecule has 19 heavy (non-hydrogen) atoms. The van der Waals surface area contributed by atoms with Crippen molar-refractivity contribution in [3.63, 3.8) is 0 Å². The van der Waals surface area contributed by atoms with Crippen molar-refractivity contribution in [3.05, 3.63) is 35.4 Å². The van der Waals surface area contributed by atoms with Crippen molar-refractivity contribution in [2.24, 2.45) is 5.92 Å². The van der Waals surface area contributed by atoms with Crippen molar-refractivity contribution < 1.29 is 9.90 Å². The van der Waals surface area contributed by atoms with Gasteiger partial charge in [-0.25, -0.2) is 0 Å². The van der Waals surface area contributed by atoms with Crippen LogP contribution in [-0.2, 0) is 11.2 Å². The van der Waals surface area contributed by atoms with E-state index < -0.39 is 5.97 Å². The number of carbonyl (C=O) groups is 1. The van der Waals surface area contributed by atoms with Crippen molar-refractivity contribution in [2.75, 3.05) is 13.1 Å². The molecule has 2 atom stereocenters. The normalized spacial score (nSPS) is 24.0. The van der Waals surface area contributed by atoms with Gasteiger partial charge in [0.25, 0.3) is 0 Å². The van der Waals surface area contributed by atoms with Crippen molar-refractivity contribution in [1.29, 1.82) is 0 Å². The Morgan fingerprint density at radius 3 is 2.63 bits per heavy atom. The fourth-order valence-corrected chi connectivity index (χ4v) is 3.04. The van der Waals surface area contributed by atoms with Gasteiger partial charge in [-0.05, 0) is 31.4 Å². The predicted molar refractivity (Wildman–Crippen MR) is 76.4 cm³/mol. The second kappa shape index (κ2) is 5.74. The quantitative estimate of drug-likeness (QED) is 0.906. The molecule has 3 heteroatoms. The highest BCUT2D eigenvalue weighted by Crippen LogP contribution is 2.35. The summed E-state index contributed by atoms with van der Waals surface area (Å²) in [5.41, 5.74) is 2.50. The van der Waals surface area contributed by atoms with Gasteiger partial charge in [0.05, 0.1) is 5.92 Å². The summed E-state index contributed by atoms with van der Waals surface area (Å²) in [6.45, 7) is 7.91. The lowest BCUT2D eigenvalue weighted by molar-refractivity contribution is -0.141. The lowest BCUT2D eigenvalue weighted by Gasteiger charge is -2.21. The molecule has 0 aliphatic carbocycles. The zero-order chi connectivity index (χ0) is 14.0. The number of likely N-dealkylation sites (tertiary alicyclic amines) is 1. The minimum Gasteiger partial charge on any atom is -0.481 e. The van der Waals surface area contributed by atoms with Crippen LogP contribution in [0.1, 0.15) is 37.8 Å². The molecule has 0 amide bonds. The Kier molecular flexibility index (Phi) is 4.25. The van der Waals surface area contributed by atoms with Gasteiger partial charge in [-0.15, -0.1) is 0 Å². The number of benzene rings is 1. The summed E-state index contributed by atoms with van der Waals surface area (Å²) in [7, 11) is 0. The lowest BCUT2D eigenvalue weighted by Crippen LogP contribution is -2.29. The number of hydrogen-bond donors (Lipinski definition) is 1. The fourth-order valence-electron chi connectivity index (χ4n) is 3.04. The molecule has 1 N–H and O–H groups in total. The van der Waals surface area contributed by atoms with Crippen LogP contribution in [0.3, 0.4) is 0 Å². The molecule has 1 aliphatic heterocycles. The van der Waals surface area contributed by atoms with Crippen LogP contribution in [0.4, 0.5) is 0 Å². The largest absolute Gasteiger partial charge is 0.481 e. The van der Waals surface area contributed by atoms with Crippen LogP contribution >= 0.6 is 0 Å². The van der Waals surface area contributed by atoms with Crippen LogP contribution in [0.5, 0.6) is 0 Å². The van der Waals surface area contributed by atoms with E-state index in [-0.39, 0.29) is 11.8 Å². The van der Waals surface area contributed by atoms with E-state index in [0.717, 1.165) is 13.0 Å². The number of carboxylic acid groups (broad SMARTS) is 1. The molecule has 1 aromatic carbocycles. The first-order valence-corrected chi connectivity index (χ1v) is 7.09. The third-order valence-corrected chi connectivity index (χ3v) is 4.23. The molecule has 0 aromatic heterocycles. The van der Waals surface area contributed by atoms with Crippen molar-refractivity contribution in [2.45, 2.75) is 39.2 Å². The first-order valence-electron chi connectivity index (χ1n) is 7.09. The number of carboxylic acids is 1. The highest BCUT2D eigenvalue weighted by molar-refractivity contribution is 5.72. The van der Waals surface area contributed by atoms with Gasteiger partial charge in [-0.1, -0.05) is 31.2 Å². The average Bonchev–Trinajstić information content (AvgIpc) is 2.83. The van der Waals surface area contributed by atoms with E-state index in [9.17, 15) is 9.90 Å². The maximum absolute atomic E-state index is 11.5. The van der Waals surface area contributed by atoms with Crippen LogP contribution in [0.2, 0.25) is 0 Å².